The van der Waals surface area contributed by atoms with Crippen molar-refractivity contribution < 1.29 is 14.3 Å². The number of aromatic nitrogens is 2. The Kier molecular flexibility index (Phi) is 6.80. The van der Waals surface area contributed by atoms with Crippen LogP contribution in [0, 0.1) is 0 Å². The van der Waals surface area contributed by atoms with Crippen molar-refractivity contribution in [3.8, 4) is 5.75 Å². The monoisotopic (exact) mass is 440 g/mol. The summed E-state index contributed by atoms with van der Waals surface area (Å²) >= 11 is 0. The maximum absolute atomic E-state index is 12.6. The van der Waals surface area contributed by atoms with Crippen molar-refractivity contribution >= 4 is 23.2 Å². The normalized spacial score (nSPS) is 10.5. The Bertz CT molecular complexity index is 1200. The molecule has 0 saturated carbocycles. The van der Waals surface area contributed by atoms with Crippen molar-refractivity contribution in [1.82, 2.24) is 9.78 Å². The predicted molar refractivity (Wildman–Crippen MR) is 128 cm³/mol. The van der Waals surface area contributed by atoms with Crippen molar-refractivity contribution in [3.05, 3.63) is 108 Å². The summed E-state index contributed by atoms with van der Waals surface area (Å²) < 4.78 is 7.23. The number of nitrogens with zero attached hydrogens (tertiary/aromatic N) is 2. The van der Waals surface area contributed by atoms with Gasteiger partial charge in [0.2, 0.25) is 0 Å². The van der Waals surface area contributed by atoms with E-state index >= 15 is 0 Å². The van der Waals surface area contributed by atoms with Gasteiger partial charge < -0.3 is 15.4 Å². The average Bonchev–Trinajstić information content (AvgIpc) is 3.34. The van der Waals surface area contributed by atoms with Crippen LogP contribution >= 0.6 is 0 Å². The Morgan fingerprint density at radius 2 is 1.36 bits per heavy atom. The largest absolute Gasteiger partial charge is 0.494 e. The van der Waals surface area contributed by atoms with Crippen molar-refractivity contribution in [1.29, 1.82) is 0 Å². The fourth-order valence-corrected chi connectivity index (χ4v) is 3.26. The summed E-state index contributed by atoms with van der Waals surface area (Å²) in [4.78, 5) is 25.0. The lowest BCUT2D eigenvalue weighted by atomic mass is 10.1. The van der Waals surface area contributed by atoms with Gasteiger partial charge in [-0.3, -0.25) is 14.3 Å². The van der Waals surface area contributed by atoms with Crippen LogP contribution < -0.4 is 15.4 Å². The zero-order valence-corrected chi connectivity index (χ0v) is 18.2. The minimum atomic E-state index is -0.232. The molecule has 2 N–H and O–H groups in total. The number of carbonyl (C=O) groups is 2. The second kappa shape index (κ2) is 10.3. The van der Waals surface area contributed by atoms with Gasteiger partial charge in [0.25, 0.3) is 11.8 Å². The van der Waals surface area contributed by atoms with Crippen LogP contribution in [0.3, 0.4) is 0 Å². The van der Waals surface area contributed by atoms with E-state index in [1.54, 1.807) is 54.7 Å². The highest BCUT2D eigenvalue weighted by Gasteiger charge is 2.09. The number of rotatable bonds is 8. The first-order valence-electron chi connectivity index (χ1n) is 10.6. The van der Waals surface area contributed by atoms with E-state index < -0.39 is 0 Å². The van der Waals surface area contributed by atoms with Crippen LogP contribution in [0.1, 0.15) is 33.2 Å². The van der Waals surface area contributed by atoms with Crippen molar-refractivity contribution in [3.63, 3.8) is 0 Å². The smallest absolute Gasteiger partial charge is 0.255 e. The average molecular weight is 441 g/mol. The van der Waals surface area contributed by atoms with E-state index in [1.807, 2.05) is 48.1 Å². The first-order chi connectivity index (χ1) is 16.1. The van der Waals surface area contributed by atoms with E-state index in [0.717, 1.165) is 11.3 Å². The van der Waals surface area contributed by atoms with E-state index in [4.69, 9.17) is 4.74 Å². The number of nitrogens with one attached hydrogen (secondary N) is 2. The van der Waals surface area contributed by atoms with Crippen molar-refractivity contribution in [2.75, 3.05) is 17.2 Å². The molecule has 166 valence electrons. The van der Waals surface area contributed by atoms with Gasteiger partial charge in [0, 0.05) is 34.9 Å². The molecular formula is C26H24N4O3. The van der Waals surface area contributed by atoms with Crippen LogP contribution in [0.25, 0.3) is 0 Å². The summed E-state index contributed by atoms with van der Waals surface area (Å²) in [6, 6.07) is 23.2. The molecule has 0 bridgehead atoms. The molecular weight excluding hydrogens is 416 g/mol. The van der Waals surface area contributed by atoms with Gasteiger partial charge in [-0.15, -0.1) is 0 Å². The predicted octanol–water partition coefficient (Wildman–Crippen LogP) is 4.83. The zero-order chi connectivity index (χ0) is 23.0. The number of amides is 2. The lowest BCUT2D eigenvalue weighted by Gasteiger charge is -2.09. The summed E-state index contributed by atoms with van der Waals surface area (Å²) in [5.74, 6) is 0.306. The van der Waals surface area contributed by atoms with E-state index in [0.29, 0.717) is 35.7 Å². The topological polar surface area (TPSA) is 85.3 Å². The van der Waals surface area contributed by atoms with Crippen LogP contribution in [0.2, 0.25) is 0 Å². The molecule has 3 aromatic carbocycles. The number of anilines is 2. The third-order valence-corrected chi connectivity index (χ3v) is 4.95. The minimum Gasteiger partial charge on any atom is -0.494 e. The molecule has 0 aliphatic rings. The van der Waals surface area contributed by atoms with Crippen LogP contribution in [0.15, 0.2) is 91.3 Å². The third kappa shape index (κ3) is 5.86. The van der Waals surface area contributed by atoms with Gasteiger partial charge in [0.15, 0.2) is 0 Å². The third-order valence-electron chi connectivity index (χ3n) is 4.95. The lowest BCUT2D eigenvalue weighted by molar-refractivity contribution is 0.102. The second-order valence-electron chi connectivity index (χ2n) is 7.34. The quantitative estimate of drug-likeness (QED) is 0.411. The Hall–Kier alpha value is -4.39. The molecule has 0 fully saturated rings. The molecule has 0 spiro atoms. The van der Waals surface area contributed by atoms with E-state index in [-0.39, 0.29) is 11.8 Å². The first-order valence-corrected chi connectivity index (χ1v) is 10.6. The molecule has 0 aliphatic heterocycles. The van der Waals surface area contributed by atoms with Crippen LogP contribution in [0.4, 0.5) is 11.4 Å². The second-order valence-corrected chi connectivity index (χ2v) is 7.34. The molecule has 4 aromatic rings. The van der Waals surface area contributed by atoms with Crippen LogP contribution in [0.5, 0.6) is 5.75 Å². The van der Waals surface area contributed by atoms with Gasteiger partial charge >= 0.3 is 0 Å². The van der Waals surface area contributed by atoms with Gasteiger partial charge in [0.05, 0.1) is 13.2 Å². The number of hydrogen-bond acceptors (Lipinski definition) is 4. The summed E-state index contributed by atoms with van der Waals surface area (Å²) in [7, 11) is 0. The highest BCUT2D eigenvalue weighted by atomic mass is 16.5. The van der Waals surface area contributed by atoms with E-state index in [9.17, 15) is 9.59 Å². The molecule has 0 atom stereocenters. The highest BCUT2D eigenvalue weighted by Crippen LogP contribution is 2.18. The van der Waals surface area contributed by atoms with Gasteiger partial charge in [-0.1, -0.05) is 12.1 Å². The van der Waals surface area contributed by atoms with E-state index in [1.165, 1.54) is 0 Å². The summed E-state index contributed by atoms with van der Waals surface area (Å²) in [6.07, 6.45) is 3.62. The molecule has 0 unspecified atom stereocenters. The fraction of sp³-hybridized carbons (Fsp3) is 0.115. The standard InChI is InChI=1S/C26H24N4O3/c1-2-33-24-14-12-23(13-15-24)29-26(32)21-8-10-22(11-9-21)28-25(31)20-6-4-19(5-7-20)18-30-17-3-16-27-30/h3-17H,2,18H2,1H3,(H,28,31)(H,29,32). The summed E-state index contributed by atoms with van der Waals surface area (Å²) in [5, 5.41) is 9.88. The molecule has 7 nitrogen and oxygen atoms in total. The fourth-order valence-electron chi connectivity index (χ4n) is 3.26. The summed E-state index contributed by atoms with van der Waals surface area (Å²) in [6.45, 7) is 3.16. The molecule has 0 aliphatic carbocycles. The van der Waals surface area contributed by atoms with Crippen LogP contribution in [-0.4, -0.2) is 28.2 Å². The molecule has 1 aromatic heterocycles. The number of ether oxygens (including phenoxy) is 1. The zero-order valence-electron chi connectivity index (χ0n) is 18.2. The molecule has 0 saturated heterocycles. The number of carbonyl (C=O) groups excluding carboxylic acids is 2. The Balaban J connectivity index is 1.32. The first kappa shape index (κ1) is 21.8. The van der Waals surface area contributed by atoms with Gasteiger partial charge in [0.1, 0.15) is 5.75 Å². The Morgan fingerprint density at radius 3 is 1.88 bits per heavy atom. The van der Waals surface area contributed by atoms with Crippen molar-refractivity contribution in [2.24, 2.45) is 0 Å². The Morgan fingerprint density at radius 1 is 0.818 bits per heavy atom. The molecule has 7 heteroatoms. The SMILES string of the molecule is CCOc1ccc(NC(=O)c2ccc(NC(=O)c3ccc(Cn4cccn4)cc3)cc2)cc1. The van der Waals surface area contributed by atoms with Crippen molar-refractivity contribution in [2.45, 2.75) is 13.5 Å². The summed E-state index contributed by atoms with van der Waals surface area (Å²) in [5.41, 5.74) is 3.38. The lowest BCUT2D eigenvalue weighted by Crippen LogP contribution is -2.14. The molecule has 4 rings (SSSR count). The molecule has 1 heterocycles. The van der Waals surface area contributed by atoms with Gasteiger partial charge in [-0.25, -0.2) is 0 Å². The number of benzene rings is 3. The Labute approximate surface area is 192 Å². The maximum atomic E-state index is 12.6. The molecule has 0 radical (unpaired) electrons. The van der Waals surface area contributed by atoms with E-state index in [2.05, 4.69) is 15.7 Å². The van der Waals surface area contributed by atoms with Crippen LogP contribution in [-0.2, 0) is 6.54 Å². The number of hydrogen-bond donors (Lipinski definition) is 2. The van der Waals surface area contributed by atoms with Gasteiger partial charge in [-0.05, 0) is 79.2 Å². The maximum Gasteiger partial charge on any atom is 0.255 e. The molecule has 2 amide bonds. The highest BCUT2D eigenvalue weighted by molar-refractivity contribution is 6.06. The van der Waals surface area contributed by atoms with Gasteiger partial charge in [-0.2, -0.15) is 5.10 Å². The molecule has 33 heavy (non-hydrogen) atoms. The minimum absolute atomic E-state index is 0.216.